The number of hydrogen-bond acceptors (Lipinski definition) is 3. The minimum atomic E-state index is -5.62. The number of alkyl halides is 3. The van der Waals surface area contributed by atoms with Gasteiger partial charge in [0.15, 0.2) is 0 Å². The fourth-order valence-electron chi connectivity index (χ4n) is 2.05. The Balaban J connectivity index is 2.84. The van der Waals surface area contributed by atoms with Crippen LogP contribution >= 0.6 is 0 Å². The van der Waals surface area contributed by atoms with Crippen LogP contribution in [0.1, 0.15) is 32.1 Å². The van der Waals surface area contributed by atoms with E-state index >= 15 is 0 Å². The average Bonchev–Trinajstić information content (AvgIpc) is 2.25. The molecule has 18 heavy (non-hydrogen) atoms. The average molecular weight is 289 g/mol. The van der Waals surface area contributed by atoms with Gasteiger partial charge in [0.25, 0.3) is 0 Å². The molecule has 0 aromatic rings. The molecular formula is C9H14F3NO4S. The number of aliphatic carboxylic acids is 1. The molecule has 2 N–H and O–H groups in total. The fourth-order valence-corrected chi connectivity index (χ4v) is 2.81. The lowest BCUT2D eigenvalue weighted by Gasteiger charge is -2.28. The summed E-state index contributed by atoms with van der Waals surface area (Å²) in [5, 5.41) is 8.86. The van der Waals surface area contributed by atoms with Crippen LogP contribution < -0.4 is 4.72 Å². The largest absolute Gasteiger partial charge is 0.511 e. The lowest BCUT2D eigenvalue weighted by Crippen LogP contribution is -2.50. The molecule has 1 atom stereocenters. The van der Waals surface area contributed by atoms with Gasteiger partial charge in [0.1, 0.15) is 6.04 Å². The minimum absolute atomic E-state index is 0.414. The number of carboxylic acids is 1. The third kappa shape index (κ3) is 3.58. The smallest absolute Gasteiger partial charge is 0.480 e. The molecule has 0 aliphatic heterocycles. The molecule has 1 aliphatic carbocycles. The Hall–Kier alpha value is -0.830. The van der Waals surface area contributed by atoms with Gasteiger partial charge < -0.3 is 5.11 Å². The van der Waals surface area contributed by atoms with Crippen LogP contribution in [0, 0.1) is 5.92 Å². The summed E-state index contributed by atoms with van der Waals surface area (Å²) in [6, 6.07) is -1.71. The molecule has 1 saturated carbocycles. The van der Waals surface area contributed by atoms with Crippen molar-refractivity contribution >= 4 is 16.0 Å². The lowest BCUT2D eigenvalue weighted by atomic mass is 9.84. The van der Waals surface area contributed by atoms with Gasteiger partial charge in [-0.2, -0.15) is 17.9 Å². The van der Waals surface area contributed by atoms with Crippen molar-refractivity contribution in [2.24, 2.45) is 5.92 Å². The predicted octanol–water partition coefficient (Wildman–Crippen LogP) is 1.46. The predicted molar refractivity (Wildman–Crippen MR) is 56.1 cm³/mol. The zero-order chi connectivity index (χ0) is 14.0. The Bertz CT molecular complexity index is 401. The molecule has 1 rings (SSSR count). The maximum Gasteiger partial charge on any atom is 0.511 e. The molecule has 0 aromatic heterocycles. The fraction of sp³-hybridized carbons (Fsp3) is 0.889. The van der Waals surface area contributed by atoms with Gasteiger partial charge >= 0.3 is 21.5 Å². The lowest BCUT2D eigenvalue weighted by molar-refractivity contribution is -0.140. The van der Waals surface area contributed by atoms with Crippen molar-refractivity contribution in [3.63, 3.8) is 0 Å². The highest BCUT2D eigenvalue weighted by atomic mass is 32.2. The first kappa shape index (κ1) is 15.2. The number of carboxylic acid groups (broad SMARTS) is 1. The Kier molecular flexibility index (Phi) is 4.60. The van der Waals surface area contributed by atoms with Gasteiger partial charge in [-0.1, -0.05) is 19.3 Å². The van der Waals surface area contributed by atoms with Gasteiger partial charge in [0, 0.05) is 0 Å². The second-order valence-electron chi connectivity index (χ2n) is 4.28. The van der Waals surface area contributed by atoms with Crippen LogP contribution in [0.15, 0.2) is 0 Å². The molecular weight excluding hydrogens is 275 g/mol. The van der Waals surface area contributed by atoms with Crippen LogP contribution in [-0.2, 0) is 14.8 Å². The minimum Gasteiger partial charge on any atom is -0.480 e. The van der Waals surface area contributed by atoms with Crippen LogP contribution in [0.2, 0.25) is 0 Å². The number of rotatable bonds is 4. The van der Waals surface area contributed by atoms with Gasteiger partial charge in [-0.3, -0.25) is 4.79 Å². The van der Waals surface area contributed by atoms with E-state index in [1.807, 2.05) is 0 Å². The molecule has 0 aromatic carbocycles. The summed E-state index contributed by atoms with van der Waals surface area (Å²) in [4.78, 5) is 10.9. The summed E-state index contributed by atoms with van der Waals surface area (Å²) < 4.78 is 59.6. The zero-order valence-electron chi connectivity index (χ0n) is 9.40. The van der Waals surface area contributed by atoms with Crippen LogP contribution in [0.3, 0.4) is 0 Å². The monoisotopic (exact) mass is 289 g/mol. The van der Waals surface area contributed by atoms with Crippen LogP contribution in [0.5, 0.6) is 0 Å². The van der Waals surface area contributed by atoms with Crippen molar-refractivity contribution in [3.05, 3.63) is 0 Å². The quantitative estimate of drug-likeness (QED) is 0.820. The van der Waals surface area contributed by atoms with E-state index in [1.165, 1.54) is 4.72 Å². The van der Waals surface area contributed by atoms with Crippen LogP contribution in [-0.4, -0.2) is 31.0 Å². The third-order valence-corrected chi connectivity index (χ3v) is 4.15. The van der Waals surface area contributed by atoms with E-state index in [9.17, 15) is 26.4 Å². The Morgan fingerprint density at radius 1 is 1.22 bits per heavy atom. The number of hydrogen-bond donors (Lipinski definition) is 2. The van der Waals surface area contributed by atoms with Crippen molar-refractivity contribution in [3.8, 4) is 0 Å². The van der Waals surface area contributed by atoms with Crippen molar-refractivity contribution in [2.45, 2.75) is 43.7 Å². The normalized spacial score (nSPS) is 20.6. The third-order valence-electron chi connectivity index (χ3n) is 2.97. The van der Waals surface area contributed by atoms with Crippen LogP contribution in [0.25, 0.3) is 0 Å². The SMILES string of the molecule is O=C(O)C(NS(=O)(=O)C(F)(F)F)C1CCCCC1. The molecule has 1 aliphatic rings. The van der Waals surface area contributed by atoms with E-state index in [4.69, 9.17) is 5.11 Å². The Morgan fingerprint density at radius 3 is 2.11 bits per heavy atom. The Labute approximate surface area is 102 Å². The molecule has 9 heteroatoms. The molecule has 106 valence electrons. The van der Waals surface area contributed by atoms with Gasteiger partial charge in [-0.25, -0.2) is 8.42 Å². The number of halogens is 3. The topological polar surface area (TPSA) is 83.5 Å². The van der Waals surface area contributed by atoms with Crippen molar-refractivity contribution in [1.29, 1.82) is 0 Å². The molecule has 1 unspecified atom stereocenters. The molecule has 0 spiro atoms. The highest BCUT2D eigenvalue weighted by Crippen LogP contribution is 2.29. The summed E-state index contributed by atoms with van der Waals surface area (Å²) in [5.74, 6) is -2.16. The molecule has 0 bridgehead atoms. The van der Waals surface area contributed by atoms with E-state index in [0.717, 1.165) is 6.42 Å². The highest BCUT2D eigenvalue weighted by molar-refractivity contribution is 7.90. The number of carbonyl (C=O) groups is 1. The first-order chi connectivity index (χ1) is 8.15. The molecule has 0 heterocycles. The van der Waals surface area contributed by atoms with Crippen LogP contribution in [0.4, 0.5) is 13.2 Å². The van der Waals surface area contributed by atoms with Crippen molar-refractivity contribution in [1.82, 2.24) is 4.72 Å². The van der Waals surface area contributed by atoms with Crippen molar-refractivity contribution in [2.75, 3.05) is 0 Å². The van der Waals surface area contributed by atoms with E-state index < -0.39 is 33.5 Å². The van der Waals surface area contributed by atoms with E-state index in [-0.39, 0.29) is 0 Å². The molecule has 0 amide bonds. The summed E-state index contributed by atoms with van der Waals surface area (Å²) >= 11 is 0. The van der Waals surface area contributed by atoms with Gasteiger partial charge in [0.05, 0.1) is 0 Å². The Morgan fingerprint density at radius 2 is 1.72 bits per heavy atom. The first-order valence-corrected chi connectivity index (χ1v) is 6.95. The standard InChI is InChI=1S/C9H14F3NO4S/c10-9(11,12)18(16,17)13-7(8(14)15)6-4-2-1-3-5-6/h6-7,13H,1-5H2,(H,14,15). The second-order valence-corrected chi connectivity index (χ2v) is 5.99. The van der Waals surface area contributed by atoms with E-state index in [2.05, 4.69) is 0 Å². The van der Waals surface area contributed by atoms with Crippen molar-refractivity contribution < 1.29 is 31.5 Å². The molecule has 0 radical (unpaired) electrons. The zero-order valence-corrected chi connectivity index (χ0v) is 10.2. The maximum atomic E-state index is 12.2. The molecule has 5 nitrogen and oxygen atoms in total. The van der Waals surface area contributed by atoms with Gasteiger partial charge in [0.2, 0.25) is 0 Å². The molecule has 0 saturated heterocycles. The summed E-state index contributed by atoms with van der Waals surface area (Å²) in [6.07, 6.45) is 3.11. The summed E-state index contributed by atoms with van der Waals surface area (Å²) in [7, 11) is -5.62. The number of nitrogens with one attached hydrogen (secondary N) is 1. The highest BCUT2D eigenvalue weighted by Gasteiger charge is 2.48. The van der Waals surface area contributed by atoms with Gasteiger partial charge in [-0.15, -0.1) is 0 Å². The maximum absolute atomic E-state index is 12.2. The second kappa shape index (κ2) is 5.43. The summed E-state index contributed by atoms with van der Waals surface area (Å²) in [5.41, 5.74) is -5.49. The van der Waals surface area contributed by atoms with E-state index in [1.54, 1.807) is 0 Å². The van der Waals surface area contributed by atoms with E-state index in [0.29, 0.717) is 25.7 Å². The molecule has 1 fully saturated rings. The summed E-state index contributed by atoms with van der Waals surface area (Å²) in [6.45, 7) is 0. The number of sulfonamides is 1. The van der Waals surface area contributed by atoms with Gasteiger partial charge in [-0.05, 0) is 18.8 Å². The first-order valence-electron chi connectivity index (χ1n) is 5.46.